The SMILES string of the molecule is C=CCOC(=O)c1sc(N2C(=O)C(O)=C(C(=O)c3sc(C)nc3C)C2c2ccccc2F)nc1C. The van der Waals surface area contributed by atoms with Crippen LogP contribution in [0.5, 0.6) is 0 Å². The molecule has 3 heterocycles. The van der Waals surface area contributed by atoms with Gasteiger partial charge in [-0.25, -0.2) is 19.2 Å². The molecule has 8 nitrogen and oxygen atoms in total. The van der Waals surface area contributed by atoms with Gasteiger partial charge in [0, 0.05) is 5.56 Å². The van der Waals surface area contributed by atoms with Crippen molar-refractivity contribution in [2.75, 3.05) is 11.5 Å². The molecule has 0 radical (unpaired) electrons. The molecule has 1 atom stereocenters. The number of aryl methyl sites for hydroxylation is 3. The summed E-state index contributed by atoms with van der Waals surface area (Å²) in [5.74, 6) is -3.71. The molecule has 1 aliphatic rings. The van der Waals surface area contributed by atoms with Crippen LogP contribution in [0.2, 0.25) is 0 Å². The summed E-state index contributed by atoms with van der Waals surface area (Å²) < 4.78 is 20.1. The lowest BCUT2D eigenvalue weighted by Crippen LogP contribution is -2.31. The van der Waals surface area contributed by atoms with Crippen LogP contribution in [0.15, 0.2) is 48.3 Å². The number of nitrogens with zero attached hydrogens (tertiary/aromatic N) is 3. The van der Waals surface area contributed by atoms with Gasteiger partial charge >= 0.3 is 5.97 Å². The first-order valence-electron chi connectivity index (χ1n) is 10.4. The minimum absolute atomic E-state index is 0.00391. The summed E-state index contributed by atoms with van der Waals surface area (Å²) in [5, 5.41) is 11.5. The number of aromatic nitrogens is 2. The van der Waals surface area contributed by atoms with Gasteiger partial charge in [-0.15, -0.1) is 11.3 Å². The number of thiazole rings is 2. The molecule has 0 saturated heterocycles. The average molecular weight is 514 g/mol. The van der Waals surface area contributed by atoms with Crippen molar-refractivity contribution in [3.8, 4) is 0 Å². The standard InChI is InChI=1S/C24H20FN3O5S2/c1-5-10-33-23(32)21-12(3)27-24(35-21)28-17(14-8-6-7-9-15(14)25)16(19(30)22(28)31)18(29)20-11(2)26-13(4)34-20/h5-9,17,30H,1,10H2,2-4H3. The van der Waals surface area contributed by atoms with E-state index in [1.54, 1.807) is 26.8 Å². The molecule has 0 saturated carbocycles. The van der Waals surface area contributed by atoms with E-state index >= 15 is 0 Å². The van der Waals surface area contributed by atoms with E-state index in [-0.39, 0.29) is 38.3 Å². The number of hydrogen-bond acceptors (Lipinski definition) is 9. The van der Waals surface area contributed by atoms with Gasteiger partial charge in [0.05, 0.1) is 26.8 Å². The number of aliphatic hydroxyl groups excluding tert-OH is 1. The Kier molecular flexibility index (Phi) is 6.64. The van der Waals surface area contributed by atoms with Gasteiger partial charge < -0.3 is 9.84 Å². The summed E-state index contributed by atoms with van der Waals surface area (Å²) in [4.78, 5) is 49.2. The first-order valence-corrected chi connectivity index (χ1v) is 12.0. The smallest absolute Gasteiger partial charge is 0.350 e. The van der Waals surface area contributed by atoms with Crippen LogP contribution in [-0.4, -0.2) is 39.3 Å². The molecule has 35 heavy (non-hydrogen) atoms. The fourth-order valence-corrected chi connectivity index (χ4v) is 5.63. The van der Waals surface area contributed by atoms with E-state index in [4.69, 9.17) is 4.74 Å². The minimum Gasteiger partial charge on any atom is -0.503 e. The molecule has 2 aromatic heterocycles. The molecular weight excluding hydrogens is 493 g/mol. The van der Waals surface area contributed by atoms with Crippen molar-refractivity contribution in [2.24, 2.45) is 0 Å². The number of hydrogen-bond donors (Lipinski definition) is 1. The zero-order chi connectivity index (χ0) is 25.4. The van der Waals surface area contributed by atoms with Gasteiger partial charge in [-0.2, -0.15) is 0 Å². The van der Waals surface area contributed by atoms with Crippen LogP contribution in [0.4, 0.5) is 9.52 Å². The number of amides is 1. The Balaban J connectivity index is 1.86. The van der Waals surface area contributed by atoms with Crippen LogP contribution in [-0.2, 0) is 9.53 Å². The molecule has 180 valence electrons. The Morgan fingerprint density at radius 3 is 2.49 bits per heavy atom. The normalized spacial score (nSPS) is 15.6. The highest BCUT2D eigenvalue weighted by Gasteiger charge is 2.47. The number of carbonyl (C=O) groups is 3. The molecule has 3 aromatic rings. The Hall–Kier alpha value is -3.70. The highest BCUT2D eigenvalue weighted by Crippen LogP contribution is 2.45. The second-order valence-corrected chi connectivity index (χ2v) is 9.82. The number of Topliss-reactive ketones (excluding diaryl/α,β-unsaturated/α-hetero) is 1. The van der Waals surface area contributed by atoms with E-state index < -0.39 is 35.3 Å². The van der Waals surface area contributed by atoms with Gasteiger partial charge in [-0.3, -0.25) is 14.5 Å². The van der Waals surface area contributed by atoms with E-state index in [2.05, 4.69) is 16.5 Å². The summed E-state index contributed by atoms with van der Waals surface area (Å²) in [6.07, 6.45) is 1.41. The number of esters is 1. The lowest BCUT2D eigenvalue weighted by molar-refractivity contribution is -0.117. The second kappa shape index (κ2) is 9.51. The molecule has 1 aliphatic heterocycles. The monoisotopic (exact) mass is 513 g/mol. The van der Waals surface area contributed by atoms with Gasteiger partial charge in [-0.05, 0) is 26.8 Å². The van der Waals surface area contributed by atoms with Crippen LogP contribution >= 0.6 is 22.7 Å². The number of carbonyl (C=O) groups excluding carboxylic acids is 3. The Bertz CT molecular complexity index is 1410. The average Bonchev–Trinajstić information content (AvgIpc) is 3.45. The number of ketones is 1. The molecule has 1 aromatic carbocycles. The third-order valence-electron chi connectivity index (χ3n) is 5.27. The molecule has 0 aliphatic carbocycles. The maximum Gasteiger partial charge on any atom is 0.350 e. The van der Waals surface area contributed by atoms with Gasteiger partial charge in [0.15, 0.2) is 10.9 Å². The number of benzene rings is 1. The quantitative estimate of drug-likeness (QED) is 0.275. The number of anilines is 1. The van der Waals surface area contributed by atoms with Crippen molar-refractivity contribution in [3.63, 3.8) is 0 Å². The maximum atomic E-state index is 15.0. The van der Waals surface area contributed by atoms with Gasteiger partial charge in [0.25, 0.3) is 5.91 Å². The Labute approximate surface area is 208 Å². The highest BCUT2D eigenvalue weighted by molar-refractivity contribution is 7.17. The largest absolute Gasteiger partial charge is 0.503 e. The first kappa shape index (κ1) is 24.4. The highest BCUT2D eigenvalue weighted by atomic mass is 32.1. The van der Waals surface area contributed by atoms with E-state index in [1.165, 1.54) is 24.3 Å². The van der Waals surface area contributed by atoms with Crippen molar-refractivity contribution in [2.45, 2.75) is 26.8 Å². The number of ether oxygens (including phenoxy) is 1. The summed E-state index contributed by atoms with van der Waals surface area (Å²) in [6, 6.07) is 4.36. The third-order valence-corrected chi connectivity index (χ3v) is 7.48. The zero-order valence-electron chi connectivity index (χ0n) is 19.0. The predicted octanol–water partition coefficient (Wildman–Crippen LogP) is 4.79. The third kappa shape index (κ3) is 4.28. The van der Waals surface area contributed by atoms with E-state index in [1.807, 2.05) is 0 Å². The molecular formula is C24H20FN3O5S2. The van der Waals surface area contributed by atoms with E-state index in [0.29, 0.717) is 10.7 Å². The molecule has 0 spiro atoms. The molecule has 0 bridgehead atoms. The van der Waals surface area contributed by atoms with Crippen molar-refractivity contribution in [1.29, 1.82) is 0 Å². The van der Waals surface area contributed by atoms with E-state index in [0.717, 1.165) is 27.6 Å². The van der Waals surface area contributed by atoms with Crippen LogP contribution in [0.3, 0.4) is 0 Å². The number of rotatable bonds is 7. The van der Waals surface area contributed by atoms with Gasteiger partial charge in [0.2, 0.25) is 5.78 Å². The molecule has 1 amide bonds. The summed E-state index contributed by atoms with van der Waals surface area (Å²) in [7, 11) is 0. The fourth-order valence-electron chi connectivity index (χ4n) is 3.76. The van der Waals surface area contributed by atoms with Crippen molar-refractivity contribution in [1.82, 2.24) is 9.97 Å². The topological polar surface area (TPSA) is 110 Å². The van der Waals surface area contributed by atoms with Crippen LogP contribution < -0.4 is 4.90 Å². The molecule has 11 heteroatoms. The van der Waals surface area contributed by atoms with Gasteiger partial charge in [-0.1, -0.05) is 42.2 Å². The van der Waals surface area contributed by atoms with Gasteiger partial charge in [0.1, 0.15) is 23.3 Å². The minimum atomic E-state index is -1.30. The molecule has 1 N–H and O–H groups in total. The predicted molar refractivity (Wildman–Crippen MR) is 130 cm³/mol. The zero-order valence-corrected chi connectivity index (χ0v) is 20.6. The van der Waals surface area contributed by atoms with Crippen LogP contribution in [0.1, 0.15) is 47.3 Å². The molecule has 1 unspecified atom stereocenters. The fraction of sp³-hybridized carbons (Fsp3) is 0.208. The van der Waals surface area contributed by atoms with Crippen LogP contribution in [0.25, 0.3) is 0 Å². The first-order chi connectivity index (χ1) is 16.6. The Morgan fingerprint density at radius 2 is 1.86 bits per heavy atom. The van der Waals surface area contributed by atoms with Crippen LogP contribution in [0, 0.1) is 26.6 Å². The molecule has 0 fully saturated rings. The summed E-state index contributed by atoms with van der Waals surface area (Å²) >= 11 is 1.96. The number of halogens is 1. The maximum absolute atomic E-state index is 15.0. The van der Waals surface area contributed by atoms with E-state index in [9.17, 15) is 23.9 Å². The summed E-state index contributed by atoms with van der Waals surface area (Å²) in [5.41, 5.74) is 0.437. The lowest BCUT2D eigenvalue weighted by Gasteiger charge is -2.24. The lowest BCUT2D eigenvalue weighted by atomic mass is 9.95. The van der Waals surface area contributed by atoms with Crippen molar-refractivity contribution >= 4 is 45.5 Å². The molecule has 4 rings (SSSR count). The Morgan fingerprint density at radius 1 is 1.17 bits per heavy atom. The number of aliphatic hydroxyl groups is 1. The second-order valence-electron chi connectivity index (χ2n) is 7.64. The van der Waals surface area contributed by atoms with Crippen molar-refractivity contribution < 1.29 is 28.6 Å². The summed E-state index contributed by atoms with van der Waals surface area (Å²) in [6.45, 7) is 8.42. The van der Waals surface area contributed by atoms with Crippen molar-refractivity contribution in [3.05, 3.63) is 85.8 Å².